The number of nitrogens with one attached hydrogen (secondary N) is 2. The van der Waals surface area contributed by atoms with E-state index in [-0.39, 0.29) is 33.6 Å². The number of sulfone groups is 1. The van der Waals surface area contributed by atoms with E-state index in [4.69, 9.17) is 10.5 Å². The molecule has 0 aliphatic carbocycles. The summed E-state index contributed by atoms with van der Waals surface area (Å²) in [6.07, 6.45) is 2.24. The fourth-order valence-electron chi connectivity index (χ4n) is 3.35. The number of hydrogen-bond acceptors (Lipinski definition) is 5. The zero-order chi connectivity index (χ0) is 18.6. The van der Waals surface area contributed by atoms with Crippen LogP contribution in [0.5, 0.6) is 5.75 Å². The Morgan fingerprint density at radius 1 is 1.40 bits per heavy atom. The summed E-state index contributed by atoms with van der Waals surface area (Å²) in [4.78, 5) is 14.1. The second kappa shape index (κ2) is 8.05. The van der Waals surface area contributed by atoms with Gasteiger partial charge in [0.25, 0.3) is 5.91 Å². The lowest BCUT2D eigenvalue weighted by molar-refractivity contribution is -0.909. The summed E-state index contributed by atoms with van der Waals surface area (Å²) in [5.74, 6) is -0.149. The molecule has 0 bridgehead atoms. The van der Waals surface area contributed by atoms with Crippen molar-refractivity contribution >= 4 is 21.4 Å². The summed E-state index contributed by atoms with van der Waals surface area (Å²) in [5, 5.41) is 2.92. The number of likely N-dealkylation sites (tertiary alicyclic amines) is 1. The molecule has 1 heterocycles. The number of nitrogen functional groups attached to an aromatic ring is 1. The first-order chi connectivity index (χ1) is 11.8. The molecule has 1 aromatic rings. The van der Waals surface area contributed by atoms with Gasteiger partial charge in [-0.25, -0.2) is 8.42 Å². The Morgan fingerprint density at radius 3 is 2.72 bits per heavy atom. The number of likely N-dealkylation sites (N-methyl/N-ethyl adjacent to an activating group) is 1. The normalized spacial score (nSPS) is 20.4. The van der Waals surface area contributed by atoms with E-state index in [9.17, 15) is 13.2 Å². The number of anilines is 1. The first-order valence-electron chi connectivity index (χ1n) is 8.67. The second-order valence-electron chi connectivity index (χ2n) is 6.30. The Bertz CT molecular complexity index is 734. The Labute approximate surface area is 149 Å². The molecule has 25 heavy (non-hydrogen) atoms. The third-order valence-electron chi connectivity index (χ3n) is 4.88. The Hall–Kier alpha value is -1.80. The van der Waals surface area contributed by atoms with Gasteiger partial charge in [0.05, 0.1) is 48.6 Å². The fourth-order valence-corrected chi connectivity index (χ4v) is 4.38. The molecule has 140 valence electrons. The first-order valence-corrected chi connectivity index (χ1v) is 10.3. The topological polar surface area (TPSA) is 103 Å². The maximum atomic E-state index is 12.6. The standard InChI is InChI=1S/C17H27N3O4S/c1-4-20-8-6-7-12(20)11-19-17(21)13-9-16(25(22,23)5-2)14(18)10-15(13)24-3/h9-10,12H,4-8,11,18H2,1-3H3,(H,19,21)/p+1/t12-/m1/s1. The van der Waals surface area contributed by atoms with Crippen molar-refractivity contribution in [1.82, 2.24) is 5.32 Å². The molecule has 1 aromatic carbocycles. The van der Waals surface area contributed by atoms with Gasteiger partial charge in [-0.1, -0.05) is 6.92 Å². The second-order valence-corrected chi connectivity index (χ2v) is 8.55. The molecule has 0 aromatic heterocycles. The lowest BCUT2D eigenvalue weighted by Crippen LogP contribution is -3.14. The molecule has 1 unspecified atom stereocenters. The van der Waals surface area contributed by atoms with Crippen LogP contribution in [-0.4, -0.2) is 52.9 Å². The van der Waals surface area contributed by atoms with Crippen LogP contribution in [0, 0.1) is 0 Å². The number of methoxy groups -OCH3 is 1. The van der Waals surface area contributed by atoms with E-state index in [1.54, 1.807) is 6.92 Å². The van der Waals surface area contributed by atoms with Gasteiger partial charge in [0.15, 0.2) is 9.84 Å². The van der Waals surface area contributed by atoms with Crippen molar-refractivity contribution in [3.05, 3.63) is 17.7 Å². The molecule has 1 aliphatic heterocycles. The average Bonchev–Trinajstić information content (AvgIpc) is 3.06. The average molecular weight is 370 g/mol. The summed E-state index contributed by atoms with van der Waals surface area (Å²) in [6.45, 7) is 6.40. The van der Waals surface area contributed by atoms with Crippen LogP contribution in [0.4, 0.5) is 5.69 Å². The highest BCUT2D eigenvalue weighted by Gasteiger charge is 2.28. The van der Waals surface area contributed by atoms with E-state index in [1.165, 1.54) is 24.1 Å². The highest BCUT2D eigenvalue weighted by Crippen LogP contribution is 2.29. The van der Waals surface area contributed by atoms with Crippen molar-refractivity contribution < 1.29 is 22.8 Å². The van der Waals surface area contributed by atoms with Crippen molar-refractivity contribution in [2.45, 2.75) is 37.6 Å². The highest BCUT2D eigenvalue weighted by molar-refractivity contribution is 7.91. The van der Waals surface area contributed by atoms with Crippen LogP contribution < -0.4 is 20.7 Å². The molecule has 0 radical (unpaired) electrons. The van der Waals surface area contributed by atoms with E-state index in [0.29, 0.717) is 12.6 Å². The molecule has 1 fully saturated rings. The van der Waals surface area contributed by atoms with Crippen molar-refractivity contribution in [2.24, 2.45) is 0 Å². The zero-order valence-corrected chi connectivity index (χ0v) is 15.9. The lowest BCUT2D eigenvalue weighted by atomic mass is 10.1. The Kier molecular flexibility index (Phi) is 6.29. The van der Waals surface area contributed by atoms with Gasteiger partial charge < -0.3 is 20.7 Å². The number of carbonyl (C=O) groups is 1. The molecule has 8 heteroatoms. The molecule has 2 rings (SSSR count). The number of quaternary nitrogens is 1. The van der Waals surface area contributed by atoms with Crippen LogP contribution in [0.25, 0.3) is 0 Å². The number of rotatable bonds is 7. The van der Waals surface area contributed by atoms with Crippen LogP contribution in [0.1, 0.15) is 37.0 Å². The third-order valence-corrected chi connectivity index (χ3v) is 6.67. The van der Waals surface area contributed by atoms with Crippen molar-refractivity contribution in [3.63, 3.8) is 0 Å². The minimum atomic E-state index is -3.52. The summed E-state index contributed by atoms with van der Waals surface area (Å²) < 4.78 is 29.6. The number of carbonyl (C=O) groups excluding carboxylic acids is 1. The van der Waals surface area contributed by atoms with Crippen molar-refractivity contribution in [2.75, 3.05) is 38.2 Å². The van der Waals surface area contributed by atoms with Crippen molar-refractivity contribution in [1.29, 1.82) is 0 Å². The van der Waals surface area contributed by atoms with Gasteiger partial charge in [0, 0.05) is 18.9 Å². The minimum Gasteiger partial charge on any atom is -0.496 e. The van der Waals surface area contributed by atoms with Crippen LogP contribution >= 0.6 is 0 Å². The zero-order valence-electron chi connectivity index (χ0n) is 15.1. The number of benzene rings is 1. The molecule has 1 saturated heterocycles. The molecule has 4 N–H and O–H groups in total. The number of amides is 1. The highest BCUT2D eigenvalue weighted by atomic mass is 32.2. The van der Waals surface area contributed by atoms with Gasteiger partial charge in [0.2, 0.25) is 0 Å². The van der Waals surface area contributed by atoms with Gasteiger partial charge in [-0.05, 0) is 13.0 Å². The molecule has 1 aliphatic rings. The SMILES string of the molecule is CC[NH+]1CCC[C@@H]1CNC(=O)c1cc(S(=O)(=O)CC)c(N)cc1OC. The number of nitrogens with two attached hydrogens (primary N) is 1. The third kappa shape index (κ3) is 4.24. The van der Waals surface area contributed by atoms with Gasteiger partial charge in [-0.2, -0.15) is 0 Å². The van der Waals surface area contributed by atoms with Crippen LogP contribution in [0.2, 0.25) is 0 Å². The van der Waals surface area contributed by atoms with Crippen LogP contribution in [0.15, 0.2) is 17.0 Å². The molecular weight excluding hydrogens is 342 g/mol. The lowest BCUT2D eigenvalue weighted by Gasteiger charge is -2.20. The first kappa shape index (κ1) is 19.5. The summed E-state index contributed by atoms with van der Waals surface area (Å²) in [5.41, 5.74) is 6.13. The Morgan fingerprint density at radius 2 is 2.12 bits per heavy atom. The van der Waals surface area contributed by atoms with Gasteiger partial charge in [-0.15, -0.1) is 0 Å². The van der Waals surface area contributed by atoms with Gasteiger partial charge in [0.1, 0.15) is 11.8 Å². The van der Waals surface area contributed by atoms with Crippen LogP contribution in [0.3, 0.4) is 0 Å². The predicted octanol–water partition coefficient (Wildman–Crippen LogP) is -0.132. The fraction of sp³-hybridized carbons (Fsp3) is 0.588. The number of ether oxygens (including phenoxy) is 1. The van der Waals surface area contributed by atoms with Crippen LogP contribution in [-0.2, 0) is 9.84 Å². The quantitative estimate of drug-likeness (QED) is 0.580. The molecule has 2 atom stereocenters. The summed E-state index contributed by atoms with van der Waals surface area (Å²) >= 11 is 0. The molecule has 0 spiro atoms. The minimum absolute atomic E-state index is 0.0253. The van der Waals surface area contributed by atoms with E-state index < -0.39 is 9.84 Å². The predicted molar refractivity (Wildman–Crippen MR) is 96.9 cm³/mol. The number of hydrogen-bond donors (Lipinski definition) is 3. The maximum absolute atomic E-state index is 12.6. The molecule has 0 saturated carbocycles. The van der Waals surface area contributed by atoms with E-state index in [2.05, 4.69) is 12.2 Å². The molecular formula is C17H28N3O4S+. The molecule has 1 amide bonds. The van der Waals surface area contributed by atoms with Gasteiger partial charge in [-0.3, -0.25) is 4.79 Å². The van der Waals surface area contributed by atoms with Crippen molar-refractivity contribution in [3.8, 4) is 5.75 Å². The maximum Gasteiger partial charge on any atom is 0.255 e. The van der Waals surface area contributed by atoms with E-state index >= 15 is 0 Å². The van der Waals surface area contributed by atoms with Gasteiger partial charge >= 0.3 is 0 Å². The van der Waals surface area contributed by atoms with E-state index in [1.807, 2.05) is 0 Å². The molecule has 7 nitrogen and oxygen atoms in total. The Balaban J connectivity index is 2.24. The smallest absolute Gasteiger partial charge is 0.255 e. The summed E-state index contributed by atoms with van der Waals surface area (Å²) in [6, 6.07) is 3.12. The van der Waals surface area contributed by atoms with E-state index in [0.717, 1.165) is 25.9 Å². The summed E-state index contributed by atoms with van der Waals surface area (Å²) in [7, 11) is -2.09. The largest absolute Gasteiger partial charge is 0.496 e. The monoisotopic (exact) mass is 370 g/mol.